The molecule has 1 aromatic carbocycles. The van der Waals surface area contributed by atoms with Gasteiger partial charge < -0.3 is 9.73 Å². The number of benzene rings is 1. The summed E-state index contributed by atoms with van der Waals surface area (Å²) in [5, 5.41) is 12.2. The number of carbonyl (C=O) groups excluding carboxylic acids is 2. The van der Waals surface area contributed by atoms with E-state index in [2.05, 4.69) is 26.9 Å². The Hall–Kier alpha value is -2.35. The first-order valence-corrected chi connectivity index (χ1v) is 7.88. The Morgan fingerprint density at radius 3 is 2.43 bits per heavy atom. The Morgan fingerprint density at radius 2 is 1.83 bits per heavy atom. The number of urea groups is 1. The summed E-state index contributed by atoms with van der Waals surface area (Å²) < 4.78 is 5.59. The van der Waals surface area contributed by atoms with Crippen LogP contribution in [0.15, 0.2) is 27.8 Å². The zero-order chi connectivity index (χ0) is 17.0. The summed E-state index contributed by atoms with van der Waals surface area (Å²) in [4.78, 5) is 22.9. The normalized spacial score (nSPS) is 11.8. The molecule has 2 rings (SSSR count). The number of hydrogen-bond acceptors (Lipinski definition) is 6. The van der Waals surface area contributed by atoms with Crippen molar-refractivity contribution in [2.45, 2.75) is 31.2 Å². The highest BCUT2D eigenvalue weighted by Gasteiger charge is 2.20. The molecule has 1 heterocycles. The van der Waals surface area contributed by atoms with Crippen LogP contribution in [0.5, 0.6) is 0 Å². The topological polar surface area (TPSA) is 97.1 Å². The van der Waals surface area contributed by atoms with Crippen molar-refractivity contribution < 1.29 is 14.0 Å². The molecule has 2 N–H and O–H groups in total. The Labute approximate surface area is 138 Å². The maximum Gasteiger partial charge on any atom is 0.321 e. The molecule has 3 amide bonds. The van der Waals surface area contributed by atoms with Crippen LogP contribution >= 0.6 is 11.8 Å². The zero-order valence-electron chi connectivity index (χ0n) is 13.3. The van der Waals surface area contributed by atoms with Crippen LogP contribution in [0.4, 0.5) is 4.79 Å². The fourth-order valence-electron chi connectivity index (χ4n) is 1.95. The van der Waals surface area contributed by atoms with Gasteiger partial charge >= 0.3 is 6.03 Å². The number of rotatable bonds is 4. The van der Waals surface area contributed by atoms with E-state index >= 15 is 0 Å². The van der Waals surface area contributed by atoms with Gasteiger partial charge in [0.05, 0.1) is 5.25 Å². The van der Waals surface area contributed by atoms with Crippen molar-refractivity contribution in [1.82, 2.24) is 20.8 Å². The molecule has 0 fully saturated rings. The van der Waals surface area contributed by atoms with E-state index in [1.165, 1.54) is 7.05 Å². The summed E-state index contributed by atoms with van der Waals surface area (Å²) in [7, 11) is 1.44. The molecule has 1 atom stereocenters. The van der Waals surface area contributed by atoms with E-state index in [4.69, 9.17) is 4.42 Å². The molecule has 2 aromatic rings. The van der Waals surface area contributed by atoms with Crippen LogP contribution < -0.4 is 10.6 Å². The van der Waals surface area contributed by atoms with Crippen LogP contribution in [0.3, 0.4) is 0 Å². The second-order valence-electron chi connectivity index (χ2n) is 5.08. The van der Waals surface area contributed by atoms with Gasteiger partial charge in [0.2, 0.25) is 11.8 Å². The Kier molecular flexibility index (Phi) is 5.38. The lowest BCUT2D eigenvalue weighted by Crippen LogP contribution is -2.41. The van der Waals surface area contributed by atoms with Crippen molar-refractivity contribution in [3.8, 4) is 11.5 Å². The number of nitrogens with zero attached hydrogens (tertiary/aromatic N) is 2. The van der Waals surface area contributed by atoms with Crippen molar-refractivity contribution in [2.75, 3.05) is 7.05 Å². The smallest absolute Gasteiger partial charge is 0.321 e. The Morgan fingerprint density at radius 1 is 1.17 bits per heavy atom. The van der Waals surface area contributed by atoms with Crippen LogP contribution in [0.25, 0.3) is 11.5 Å². The summed E-state index contributed by atoms with van der Waals surface area (Å²) >= 11 is 1.10. The van der Waals surface area contributed by atoms with Crippen LogP contribution in [0.2, 0.25) is 0 Å². The summed E-state index contributed by atoms with van der Waals surface area (Å²) in [6, 6.07) is 5.41. The van der Waals surface area contributed by atoms with Crippen molar-refractivity contribution in [3.63, 3.8) is 0 Å². The third-order valence-corrected chi connectivity index (χ3v) is 3.92. The number of aryl methyl sites for hydroxylation is 2. The van der Waals surface area contributed by atoms with Gasteiger partial charge in [-0.3, -0.25) is 10.1 Å². The van der Waals surface area contributed by atoms with Crippen LogP contribution in [0, 0.1) is 13.8 Å². The van der Waals surface area contributed by atoms with Gasteiger partial charge in [0, 0.05) is 12.6 Å². The number of thioether (sulfide) groups is 1. The lowest BCUT2D eigenvalue weighted by molar-refractivity contribution is -0.119. The fourth-order valence-corrected chi connectivity index (χ4v) is 2.64. The van der Waals surface area contributed by atoms with Crippen LogP contribution in [-0.4, -0.2) is 34.4 Å². The standard InChI is InChI=1S/C15H18N4O3S/c1-8-5-9(2)7-11(6-8)13-18-19-15(22-13)23-10(3)12(20)17-14(21)16-4/h5-7,10H,1-4H3,(H2,16,17,20,21). The first kappa shape index (κ1) is 17.0. The molecule has 0 radical (unpaired) electrons. The molecule has 0 aliphatic heterocycles. The third kappa shape index (κ3) is 4.56. The molecule has 0 bridgehead atoms. The van der Waals surface area contributed by atoms with Gasteiger partial charge in [-0.25, -0.2) is 4.79 Å². The van der Waals surface area contributed by atoms with E-state index in [0.29, 0.717) is 5.89 Å². The predicted molar refractivity (Wildman–Crippen MR) is 87.1 cm³/mol. The van der Waals surface area contributed by atoms with E-state index in [-0.39, 0.29) is 5.22 Å². The fraction of sp³-hybridized carbons (Fsp3) is 0.333. The average molecular weight is 334 g/mol. The van der Waals surface area contributed by atoms with Gasteiger partial charge in [0.1, 0.15) is 0 Å². The van der Waals surface area contributed by atoms with E-state index in [0.717, 1.165) is 28.5 Å². The SMILES string of the molecule is CNC(=O)NC(=O)C(C)Sc1nnc(-c2cc(C)cc(C)c2)o1. The molecular weight excluding hydrogens is 316 g/mol. The van der Waals surface area contributed by atoms with E-state index in [1.807, 2.05) is 26.0 Å². The second kappa shape index (κ2) is 7.28. The van der Waals surface area contributed by atoms with Gasteiger partial charge in [-0.2, -0.15) is 0 Å². The Balaban J connectivity index is 2.07. The largest absolute Gasteiger partial charge is 0.411 e. The zero-order valence-corrected chi connectivity index (χ0v) is 14.2. The van der Waals surface area contributed by atoms with E-state index < -0.39 is 17.2 Å². The lowest BCUT2D eigenvalue weighted by atomic mass is 10.1. The Bertz CT molecular complexity index is 709. The molecule has 7 nitrogen and oxygen atoms in total. The van der Waals surface area contributed by atoms with E-state index in [9.17, 15) is 9.59 Å². The van der Waals surface area contributed by atoms with Gasteiger partial charge in [0.15, 0.2) is 0 Å². The quantitative estimate of drug-likeness (QED) is 0.833. The number of aromatic nitrogens is 2. The molecule has 0 saturated heterocycles. The lowest BCUT2D eigenvalue weighted by Gasteiger charge is -2.07. The predicted octanol–water partition coefficient (Wildman–Crippen LogP) is 2.29. The molecule has 122 valence electrons. The molecule has 0 aliphatic carbocycles. The summed E-state index contributed by atoms with van der Waals surface area (Å²) in [5.41, 5.74) is 3.04. The number of hydrogen-bond donors (Lipinski definition) is 2. The minimum Gasteiger partial charge on any atom is -0.411 e. The number of imide groups is 1. The van der Waals surface area contributed by atoms with Gasteiger partial charge in [-0.1, -0.05) is 29.0 Å². The van der Waals surface area contributed by atoms with Gasteiger partial charge in [0.25, 0.3) is 5.22 Å². The maximum absolute atomic E-state index is 11.8. The summed E-state index contributed by atoms with van der Waals surface area (Å²) in [6.45, 7) is 5.64. The second-order valence-corrected chi connectivity index (χ2v) is 6.37. The highest BCUT2D eigenvalue weighted by molar-refractivity contribution is 8.00. The first-order valence-electron chi connectivity index (χ1n) is 7.00. The number of nitrogens with one attached hydrogen (secondary N) is 2. The molecule has 23 heavy (non-hydrogen) atoms. The summed E-state index contributed by atoms with van der Waals surface area (Å²) in [6.07, 6.45) is 0. The molecular formula is C15H18N4O3S. The molecule has 1 unspecified atom stereocenters. The van der Waals surface area contributed by atoms with Crippen LogP contribution in [-0.2, 0) is 4.79 Å². The minimum atomic E-state index is -0.552. The first-order chi connectivity index (χ1) is 10.9. The highest BCUT2D eigenvalue weighted by Crippen LogP contribution is 2.27. The van der Waals surface area contributed by atoms with Gasteiger partial charge in [-0.05, 0) is 32.9 Å². The maximum atomic E-state index is 11.8. The number of amides is 3. The van der Waals surface area contributed by atoms with Crippen molar-refractivity contribution in [3.05, 3.63) is 29.3 Å². The molecule has 0 spiro atoms. The number of carbonyl (C=O) groups is 2. The van der Waals surface area contributed by atoms with Crippen molar-refractivity contribution in [2.24, 2.45) is 0 Å². The molecule has 0 saturated carbocycles. The average Bonchev–Trinajstić information content (AvgIpc) is 2.94. The van der Waals surface area contributed by atoms with Crippen LogP contribution in [0.1, 0.15) is 18.1 Å². The molecule has 1 aromatic heterocycles. The molecule has 8 heteroatoms. The van der Waals surface area contributed by atoms with E-state index in [1.54, 1.807) is 6.92 Å². The molecule has 0 aliphatic rings. The minimum absolute atomic E-state index is 0.277. The van der Waals surface area contributed by atoms with Gasteiger partial charge in [-0.15, -0.1) is 10.2 Å². The van der Waals surface area contributed by atoms with Crippen molar-refractivity contribution in [1.29, 1.82) is 0 Å². The third-order valence-electron chi connectivity index (χ3n) is 2.99. The summed E-state index contributed by atoms with van der Waals surface area (Å²) in [5.74, 6) is -0.0290. The highest BCUT2D eigenvalue weighted by atomic mass is 32.2. The van der Waals surface area contributed by atoms with Crippen molar-refractivity contribution >= 4 is 23.7 Å². The monoisotopic (exact) mass is 334 g/mol.